The first kappa shape index (κ1) is 14.2. The summed E-state index contributed by atoms with van der Waals surface area (Å²) in [7, 11) is 0. The lowest BCUT2D eigenvalue weighted by molar-refractivity contribution is 0.102. The van der Waals surface area contributed by atoms with Crippen LogP contribution in [-0.4, -0.2) is 5.91 Å². The van der Waals surface area contributed by atoms with Gasteiger partial charge in [0.25, 0.3) is 5.91 Å². The van der Waals surface area contributed by atoms with Crippen LogP contribution in [-0.2, 0) is 6.42 Å². The van der Waals surface area contributed by atoms with E-state index >= 15 is 0 Å². The summed E-state index contributed by atoms with van der Waals surface area (Å²) < 4.78 is 0. The Balaban J connectivity index is 1.60. The van der Waals surface area contributed by atoms with Crippen LogP contribution in [0.5, 0.6) is 0 Å². The van der Waals surface area contributed by atoms with E-state index in [2.05, 4.69) is 29.6 Å². The van der Waals surface area contributed by atoms with Gasteiger partial charge in [-0.25, -0.2) is 0 Å². The Hall–Kier alpha value is -3.38. The maximum absolute atomic E-state index is 12.4. The highest BCUT2D eigenvalue weighted by molar-refractivity contribution is 6.04. The van der Waals surface area contributed by atoms with Gasteiger partial charge in [-0.05, 0) is 65.1 Å². The molecule has 1 aliphatic rings. The number of hydrogen-bond acceptors (Lipinski definition) is 2. The van der Waals surface area contributed by atoms with Crippen molar-refractivity contribution in [3.8, 4) is 17.2 Å². The standard InChI is InChI=1S/C21H14N2O/c22-13-14-5-7-15(8-6-14)21(24)23-18-10-9-17-11-16-3-1-2-4-19(16)20(17)12-18/h1-10,12H,11H2,(H,23,24). The Bertz CT molecular complexity index is 981. The van der Waals surface area contributed by atoms with Gasteiger partial charge in [-0.1, -0.05) is 30.3 Å². The summed E-state index contributed by atoms with van der Waals surface area (Å²) in [5, 5.41) is 11.8. The Morgan fingerprint density at radius 1 is 0.917 bits per heavy atom. The van der Waals surface area contributed by atoms with Crippen LogP contribution in [0.2, 0.25) is 0 Å². The van der Waals surface area contributed by atoms with Crippen LogP contribution >= 0.6 is 0 Å². The van der Waals surface area contributed by atoms with Gasteiger partial charge in [0.05, 0.1) is 11.6 Å². The summed E-state index contributed by atoms with van der Waals surface area (Å²) in [5.41, 5.74) is 6.89. The van der Waals surface area contributed by atoms with Crippen LogP contribution in [0.1, 0.15) is 27.0 Å². The van der Waals surface area contributed by atoms with E-state index in [-0.39, 0.29) is 5.91 Å². The van der Waals surface area contributed by atoms with E-state index in [1.807, 2.05) is 24.3 Å². The highest BCUT2D eigenvalue weighted by Crippen LogP contribution is 2.37. The molecule has 0 saturated heterocycles. The zero-order chi connectivity index (χ0) is 16.5. The zero-order valence-electron chi connectivity index (χ0n) is 12.9. The number of carbonyl (C=O) groups is 1. The maximum atomic E-state index is 12.4. The normalized spacial score (nSPS) is 11.3. The van der Waals surface area contributed by atoms with Gasteiger partial charge in [0.1, 0.15) is 0 Å². The summed E-state index contributed by atoms with van der Waals surface area (Å²) >= 11 is 0. The fourth-order valence-corrected chi connectivity index (χ4v) is 3.10. The fourth-order valence-electron chi connectivity index (χ4n) is 3.10. The molecule has 0 aromatic heterocycles. The van der Waals surface area contributed by atoms with Gasteiger partial charge in [-0.2, -0.15) is 5.26 Å². The number of anilines is 1. The molecule has 0 fully saturated rings. The molecule has 4 rings (SSSR count). The van der Waals surface area contributed by atoms with E-state index < -0.39 is 0 Å². The largest absolute Gasteiger partial charge is 0.322 e. The Labute approximate surface area is 140 Å². The van der Waals surface area contributed by atoms with Gasteiger partial charge < -0.3 is 5.32 Å². The minimum atomic E-state index is -0.175. The van der Waals surface area contributed by atoms with Crippen LogP contribution < -0.4 is 5.32 Å². The molecule has 0 bridgehead atoms. The molecule has 0 radical (unpaired) electrons. The SMILES string of the molecule is N#Cc1ccc(C(=O)Nc2ccc3c(c2)-c2ccccc2C3)cc1. The molecule has 1 N–H and O–H groups in total. The van der Waals surface area contributed by atoms with Gasteiger partial charge in [0.15, 0.2) is 0 Å². The third-order valence-corrected chi connectivity index (χ3v) is 4.33. The molecule has 1 aliphatic carbocycles. The third-order valence-electron chi connectivity index (χ3n) is 4.33. The van der Waals surface area contributed by atoms with E-state index in [9.17, 15) is 4.79 Å². The molecule has 3 heteroatoms. The van der Waals surface area contributed by atoms with Crippen LogP contribution in [0.3, 0.4) is 0 Å². The molecule has 0 atom stereocenters. The number of nitriles is 1. The van der Waals surface area contributed by atoms with Crippen LogP contribution in [0, 0.1) is 11.3 Å². The number of nitrogens with zero attached hydrogens (tertiary/aromatic N) is 1. The molecule has 114 valence electrons. The average molecular weight is 310 g/mol. The smallest absolute Gasteiger partial charge is 0.255 e. The average Bonchev–Trinajstić information content (AvgIpc) is 3.00. The molecule has 3 nitrogen and oxygen atoms in total. The molecule has 0 aliphatic heterocycles. The lowest BCUT2D eigenvalue weighted by atomic mass is 10.1. The summed E-state index contributed by atoms with van der Waals surface area (Å²) in [6.07, 6.45) is 0.940. The highest BCUT2D eigenvalue weighted by Gasteiger charge is 2.18. The minimum Gasteiger partial charge on any atom is -0.322 e. The lowest BCUT2D eigenvalue weighted by Gasteiger charge is -2.08. The van der Waals surface area contributed by atoms with E-state index in [1.54, 1.807) is 24.3 Å². The summed E-state index contributed by atoms with van der Waals surface area (Å²) in [4.78, 5) is 12.4. The second-order valence-corrected chi connectivity index (χ2v) is 5.85. The maximum Gasteiger partial charge on any atom is 0.255 e. The predicted octanol–water partition coefficient (Wildman–Crippen LogP) is 4.38. The number of amides is 1. The molecule has 0 heterocycles. The summed E-state index contributed by atoms with van der Waals surface area (Å²) in [6.45, 7) is 0. The van der Waals surface area contributed by atoms with E-state index in [0.29, 0.717) is 11.1 Å². The van der Waals surface area contributed by atoms with Crippen molar-refractivity contribution >= 4 is 11.6 Å². The predicted molar refractivity (Wildman–Crippen MR) is 93.8 cm³/mol. The first-order valence-electron chi connectivity index (χ1n) is 7.77. The van der Waals surface area contributed by atoms with Crippen molar-refractivity contribution in [2.45, 2.75) is 6.42 Å². The first-order chi connectivity index (χ1) is 11.7. The number of nitrogens with one attached hydrogen (secondary N) is 1. The number of benzene rings is 3. The van der Waals surface area contributed by atoms with Gasteiger partial charge >= 0.3 is 0 Å². The second-order valence-electron chi connectivity index (χ2n) is 5.85. The molecule has 0 saturated carbocycles. The van der Waals surface area contributed by atoms with Gasteiger partial charge in [0, 0.05) is 11.3 Å². The number of rotatable bonds is 2. The molecule has 0 spiro atoms. The van der Waals surface area contributed by atoms with Gasteiger partial charge in [0.2, 0.25) is 0 Å². The number of carbonyl (C=O) groups excluding carboxylic acids is 1. The summed E-state index contributed by atoms with van der Waals surface area (Å²) in [6, 6.07) is 23.1. The molecule has 0 unspecified atom stereocenters. The first-order valence-corrected chi connectivity index (χ1v) is 7.77. The van der Waals surface area contributed by atoms with E-state index in [4.69, 9.17) is 5.26 Å². The van der Waals surface area contributed by atoms with Crippen molar-refractivity contribution in [3.63, 3.8) is 0 Å². The number of fused-ring (bicyclic) bond motifs is 3. The second kappa shape index (κ2) is 5.68. The van der Waals surface area contributed by atoms with E-state index in [0.717, 1.165) is 12.1 Å². The van der Waals surface area contributed by atoms with Crippen molar-refractivity contribution in [2.24, 2.45) is 0 Å². The summed E-state index contributed by atoms with van der Waals surface area (Å²) in [5.74, 6) is -0.175. The Morgan fingerprint density at radius 2 is 1.67 bits per heavy atom. The molecular weight excluding hydrogens is 296 g/mol. The Kier molecular flexibility index (Phi) is 3.36. The van der Waals surface area contributed by atoms with Gasteiger partial charge in [-0.3, -0.25) is 4.79 Å². The lowest BCUT2D eigenvalue weighted by Crippen LogP contribution is -2.11. The van der Waals surface area contributed by atoms with Crippen molar-refractivity contribution in [3.05, 3.63) is 89.0 Å². The topological polar surface area (TPSA) is 52.9 Å². The monoisotopic (exact) mass is 310 g/mol. The van der Waals surface area contributed by atoms with Crippen molar-refractivity contribution < 1.29 is 4.79 Å². The van der Waals surface area contributed by atoms with E-state index in [1.165, 1.54) is 22.3 Å². The molecule has 3 aromatic rings. The fraction of sp³-hybridized carbons (Fsp3) is 0.0476. The number of hydrogen-bond donors (Lipinski definition) is 1. The third kappa shape index (κ3) is 2.45. The van der Waals surface area contributed by atoms with Crippen molar-refractivity contribution in [1.29, 1.82) is 5.26 Å². The van der Waals surface area contributed by atoms with Crippen LogP contribution in [0.15, 0.2) is 66.7 Å². The van der Waals surface area contributed by atoms with Crippen LogP contribution in [0.25, 0.3) is 11.1 Å². The quantitative estimate of drug-likeness (QED) is 0.597. The van der Waals surface area contributed by atoms with Gasteiger partial charge in [-0.15, -0.1) is 0 Å². The van der Waals surface area contributed by atoms with Crippen LogP contribution in [0.4, 0.5) is 5.69 Å². The van der Waals surface area contributed by atoms with Crippen molar-refractivity contribution in [2.75, 3.05) is 5.32 Å². The zero-order valence-corrected chi connectivity index (χ0v) is 12.9. The Morgan fingerprint density at radius 3 is 2.46 bits per heavy atom. The molecule has 24 heavy (non-hydrogen) atoms. The molecule has 3 aromatic carbocycles. The van der Waals surface area contributed by atoms with Crippen molar-refractivity contribution in [1.82, 2.24) is 0 Å². The molecular formula is C21H14N2O. The minimum absolute atomic E-state index is 0.175. The molecule has 1 amide bonds. The highest BCUT2D eigenvalue weighted by atomic mass is 16.1.